The van der Waals surface area contributed by atoms with Crippen molar-refractivity contribution in [2.45, 2.75) is 0 Å². The van der Waals surface area contributed by atoms with Gasteiger partial charge >= 0.3 is 6.09 Å². The van der Waals surface area contributed by atoms with Crippen LogP contribution in [-0.2, 0) is 0 Å². The van der Waals surface area contributed by atoms with Crippen molar-refractivity contribution in [1.82, 2.24) is 4.57 Å². The van der Waals surface area contributed by atoms with Crippen LogP contribution in [0.1, 0.15) is 0 Å². The number of hydrogen-bond donors (Lipinski definition) is 1. The van der Waals surface area contributed by atoms with Crippen LogP contribution < -0.4 is 15.6 Å². The van der Waals surface area contributed by atoms with Gasteiger partial charge in [-0.2, -0.15) is 0 Å². The Morgan fingerprint density at radius 2 is 1.57 bits per heavy atom. The fourth-order valence-electron chi connectivity index (χ4n) is 2.09. The Bertz CT molecular complexity index is 855. The van der Waals surface area contributed by atoms with Gasteiger partial charge in [0.2, 0.25) is 0 Å². The molecule has 5 heteroatoms. The van der Waals surface area contributed by atoms with E-state index in [-0.39, 0.29) is 5.56 Å². The van der Waals surface area contributed by atoms with E-state index in [0.717, 1.165) is 5.69 Å². The van der Waals surface area contributed by atoms with E-state index in [2.05, 4.69) is 5.32 Å². The number of aromatic nitrogens is 1. The predicted molar refractivity (Wildman–Crippen MR) is 88.1 cm³/mol. The highest BCUT2D eigenvalue weighted by Gasteiger charge is 2.05. The maximum Gasteiger partial charge on any atom is 0.417 e. The number of rotatable bonds is 3. The van der Waals surface area contributed by atoms with Crippen molar-refractivity contribution in [2.24, 2.45) is 0 Å². The molecule has 114 valence electrons. The Kier molecular flexibility index (Phi) is 4.20. The Labute approximate surface area is 132 Å². The lowest BCUT2D eigenvalue weighted by molar-refractivity contribution is 0.215. The second-order valence-corrected chi connectivity index (χ2v) is 4.78. The van der Waals surface area contributed by atoms with E-state index in [1.54, 1.807) is 66.9 Å². The number of para-hydroxylation sites is 1. The molecule has 1 heterocycles. The highest BCUT2D eigenvalue weighted by molar-refractivity contribution is 5.86. The van der Waals surface area contributed by atoms with Gasteiger partial charge < -0.3 is 4.74 Å². The first kappa shape index (κ1) is 14.6. The molecule has 3 aromatic rings. The van der Waals surface area contributed by atoms with Crippen molar-refractivity contribution in [3.63, 3.8) is 0 Å². The molecule has 23 heavy (non-hydrogen) atoms. The summed E-state index contributed by atoms with van der Waals surface area (Å²) >= 11 is 0. The van der Waals surface area contributed by atoms with E-state index >= 15 is 0 Å². The number of benzene rings is 2. The van der Waals surface area contributed by atoms with E-state index < -0.39 is 6.09 Å². The standard InChI is InChI=1S/C18H14N2O3/c21-17-8-4-5-13-20(17)15-11-9-14(10-12-15)19-18(22)23-16-6-2-1-3-7-16/h1-13H,(H,19,22). The van der Waals surface area contributed by atoms with Gasteiger partial charge in [-0.1, -0.05) is 24.3 Å². The molecule has 0 aliphatic rings. The number of pyridine rings is 1. The zero-order valence-corrected chi connectivity index (χ0v) is 12.2. The molecule has 0 saturated heterocycles. The highest BCUT2D eigenvalue weighted by Crippen LogP contribution is 2.14. The SMILES string of the molecule is O=C(Nc1ccc(-n2ccccc2=O)cc1)Oc1ccccc1. The van der Waals surface area contributed by atoms with Crippen LogP contribution in [-0.4, -0.2) is 10.7 Å². The quantitative estimate of drug-likeness (QED) is 0.806. The van der Waals surface area contributed by atoms with Crippen LogP contribution in [0.5, 0.6) is 5.75 Å². The average Bonchev–Trinajstić information content (AvgIpc) is 2.57. The normalized spacial score (nSPS) is 10.1. The van der Waals surface area contributed by atoms with Gasteiger partial charge in [-0.15, -0.1) is 0 Å². The summed E-state index contributed by atoms with van der Waals surface area (Å²) in [5.41, 5.74) is 1.19. The molecule has 0 saturated carbocycles. The molecule has 0 aliphatic heterocycles. The van der Waals surface area contributed by atoms with Crippen molar-refractivity contribution in [3.05, 3.63) is 89.3 Å². The number of nitrogens with zero attached hydrogens (tertiary/aromatic N) is 1. The van der Waals surface area contributed by atoms with Crippen molar-refractivity contribution in [2.75, 3.05) is 5.32 Å². The zero-order chi connectivity index (χ0) is 16.1. The minimum atomic E-state index is -0.569. The summed E-state index contributed by atoms with van der Waals surface area (Å²) < 4.78 is 6.67. The number of ether oxygens (including phenoxy) is 1. The molecule has 0 unspecified atom stereocenters. The summed E-state index contributed by atoms with van der Waals surface area (Å²) in [4.78, 5) is 23.6. The van der Waals surface area contributed by atoms with E-state index in [0.29, 0.717) is 11.4 Å². The van der Waals surface area contributed by atoms with Gasteiger partial charge in [-0.05, 0) is 42.5 Å². The van der Waals surface area contributed by atoms with Gasteiger partial charge in [0.1, 0.15) is 5.75 Å². The molecular formula is C18H14N2O3. The number of anilines is 1. The lowest BCUT2D eigenvalue weighted by Gasteiger charge is -2.08. The molecule has 2 aromatic carbocycles. The number of nitrogens with one attached hydrogen (secondary N) is 1. The molecule has 5 nitrogen and oxygen atoms in total. The first-order chi connectivity index (χ1) is 11.2. The van der Waals surface area contributed by atoms with Crippen molar-refractivity contribution in [1.29, 1.82) is 0 Å². The maximum atomic E-state index is 11.8. The first-order valence-corrected chi connectivity index (χ1v) is 7.04. The molecule has 3 rings (SSSR count). The molecule has 0 atom stereocenters. The predicted octanol–water partition coefficient (Wildman–Crippen LogP) is 3.45. The minimum absolute atomic E-state index is 0.114. The van der Waals surface area contributed by atoms with E-state index in [4.69, 9.17) is 4.74 Å². The van der Waals surface area contributed by atoms with Crippen LogP contribution in [0.25, 0.3) is 5.69 Å². The van der Waals surface area contributed by atoms with Crippen LogP contribution in [0, 0.1) is 0 Å². The van der Waals surface area contributed by atoms with Gasteiger partial charge in [0.25, 0.3) is 5.56 Å². The van der Waals surface area contributed by atoms with Crippen LogP contribution in [0.4, 0.5) is 10.5 Å². The second-order valence-electron chi connectivity index (χ2n) is 4.78. The first-order valence-electron chi connectivity index (χ1n) is 7.04. The molecular weight excluding hydrogens is 292 g/mol. The fourth-order valence-corrected chi connectivity index (χ4v) is 2.09. The zero-order valence-electron chi connectivity index (χ0n) is 12.2. The monoisotopic (exact) mass is 306 g/mol. The van der Waals surface area contributed by atoms with Crippen LogP contribution in [0.3, 0.4) is 0 Å². The third-order valence-corrected chi connectivity index (χ3v) is 3.17. The van der Waals surface area contributed by atoms with Crippen molar-refractivity contribution < 1.29 is 9.53 Å². The molecule has 0 fully saturated rings. The van der Waals surface area contributed by atoms with Gasteiger partial charge in [-0.3, -0.25) is 14.7 Å². The minimum Gasteiger partial charge on any atom is -0.410 e. The van der Waals surface area contributed by atoms with Crippen LogP contribution in [0.2, 0.25) is 0 Å². The number of amides is 1. The van der Waals surface area contributed by atoms with Gasteiger partial charge in [-0.25, -0.2) is 4.79 Å². The summed E-state index contributed by atoms with van der Waals surface area (Å²) in [6, 6.07) is 20.7. The van der Waals surface area contributed by atoms with Crippen LogP contribution >= 0.6 is 0 Å². The summed E-state index contributed by atoms with van der Waals surface area (Å²) in [6.07, 6.45) is 1.12. The number of hydrogen-bond acceptors (Lipinski definition) is 3. The lowest BCUT2D eigenvalue weighted by Crippen LogP contribution is -2.17. The van der Waals surface area contributed by atoms with Crippen molar-refractivity contribution >= 4 is 11.8 Å². The summed E-state index contributed by atoms with van der Waals surface area (Å²) in [6.45, 7) is 0. The molecule has 1 aromatic heterocycles. The second kappa shape index (κ2) is 6.62. The summed E-state index contributed by atoms with van der Waals surface area (Å²) in [5, 5.41) is 2.64. The van der Waals surface area contributed by atoms with Crippen LogP contribution in [0.15, 0.2) is 83.8 Å². The molecule has 0 radical (unpaired) electrons. The maximum absolute atomic E-state index is 11.8. The largest absolute Gasteiger partial charge is 0.417 e. The topological polar surface area (TPSA) is 60.3 Å². The average molecular weight is 306 g/mol. The van der Waals surface area contributed by atoms with E-state index in [1.807, 2.05) is 6.07 Å². The van der Waals surface area contributed by atoms with Gasteiger partial charge in [0, 0.05) is 23.6 Å². The smallest absolute Gasteiger partial charge is 0.410 e. The lowest BCUT2D eigenvalue weighted by atomic mass is 10.2. The van der Waals surface area contributed by atoms with Crippen molar-refractivity contribution in [3.8, 4) is 11.4 Å². The molecule has 0 aliphatic carbocycles. The third kappa shape index (κ3) is 3.65. The molecule has 1 amide bonds. The van der Waals surface area contributed by atoms with Gasteiger partial charge in [0.15, 0.2) is 0 Å². The summed E-state index contributed by atoms with van der Waals surface area (Å²) in [5.74, 6) is 0.470. The van der Waals surface area contributed by atoms with E-state index in [1.165, 1.54) is 10.6 Å². The summed E-state index contributed by atoms with van der Waals surface area (Å²) in [7, 11) is 0. The Morgan fingerprint density at radius 1 is 0.870 bits per heavy atom. The Hall–Kier alpha value is -3.34. The highest BCUT2D eigenvalue weighted by atomic mass is 16.6. The molecule has 1 N–H and O–H groups in total. The number of carbonyl (C=O) groups excluding carboxylic acids is 1. The Morgan fingerprint density at radius 3 is 2.26 bits per heavy atom. The third-order valence-electron chi connectivity index (χ3n) is 3.17. The van der Waals surface area contributed by atoms with Gasteiger partial charge in [0.05, 0.1) is 0 Å². The fraction of sp³-hybridized carbons (Fsp3) is 0. The number of carbonyl (C=O) groups is 1. The van der Waals surface area contributed by atoms with E-state index in [9.17, 15) is 9.59 Å². The Balaban J connectivity index is 1.69. The molecule has 0 bridgehead atoms. The molecule has 0 spiro atoms.